The zero-order valence-electron chi connectivity index (χ0n) is 7.13. The third-order valence-corrected chi connectivity index (χ3v) is 1.59. The second kappa shape index (κ2) is 4.02. The minimum Gasteiger partial charge on any atom is -0.469 e. The summed E-state index contributed by atoms with van der Waals surface area (Å²) in [6.07, 6.45) is 5.99. The first-order valence-corrected chi connectivity index (χ1v) is 4.01. The van der Waals surface area contributed by atoms with Gasteiger partial charge >= 0.3 is 0 Å². The van der Waals surface area contributed by atoms with Gasteiger partial charge in [0, 0.05) is 6.42 Å². The Hall–Kier alpha value is -0.980. The van der Waals surface area contributed by atoms with Crippen molar-refractivity contribution in [1.82, 2.24) is 0 Å². The van der Waals surface area contributed by atoms with Crippen LogP contribution < -0.4 is 0 Å². The molecule has 0 unspecified atom stereocenters. The number of furan rings is 1. The Bertz CT molecular complexity index is 219. The standard InChI is InChI=1S/C10H14O/c1-3-5-9(2)8-10-6-4-7-11-10/h4-7H,3,8H2,1-2H3. The summed E-state index contributed by atoms with van der Waals surface area (Å²) in [6, 6.07) is 3.93. The molecule has 0 spiro atoms. The van der Waals surface area contributed by atoms with E-state index in [9.17, 15) is 0 Å². The highest BCUT2D eigenvalue weighted by Crippen LogP contribution is 2.08. The minimum absolute atomic E-state index is 0.945. The largest absolute Gasteiger partial charge is 0.469 e. The van der Waals surface area contributed by atoms with Gasteiger partial charge in [-0.2, -0.15) is 0 Å². The maximum absolute atomic E-state index is 5.21. The van der Waals surface area contributed by atoms with E-state index in [-0.39, 0.29) is 0 Å². The van der Waals surface area contributed by atoms with E-state index in [4.69, 9.17) is 4.42 Å². The molecule has 1 heteroatoms. The molecule has 0 saturated heterocycles. The van der Waals surface area contributed by atoms with Crippen LogP contribution in [0.5, 0.6) is 0 Å². The Kier molecular flexibility index (Phi) is 2.96. The summed E-state index contributed by atoms with van der Waals surface area (Å²) in [4.78, 5) is 0. The van der Waals surface area contributed by atoms with Gasteiger partial charge in [0.15, 0.2) is 0 Å². The van der Waals surface area contributed by atoms with Crippen molar-refractivity contribution in [2.24, 2.45) is 0 Å². The molecule has 1 heterocycles. The van der Waals surface area contributed by atoms with Crippen LogP contribution in [0.15, 0.2) is 34.5 Å². The van der Waals surface area contributed by atoms with Gasteiger partial charge < -0.3 is 4.42 Å². The molecule has 1 aromatic heterocycles. The highest BCUT2D eigenvalue weighted by molar-refractivity contribution is 5.10. The monoisotopic (exact) mass is 150 g/mol. The molecule has 1 rings (SSSR count). The van der Waals surface area contributed by atoms with Gasteiger partial charge in [0.1, 0.15) is 5.76 Å². The van der Waals surface area contributed by atoms with E-state index in [0.717, 1.165) is 18.6 Å². The molecule has 0 aliphatic carbocycles. The third kappa shape index (κ3) is 2.62. The summed E-state index contributed by atoms with van der Waals surface area (Å²) < 4.78 is 5.21. The molecule has 1 nitrogen and oxygen atoms in total. The lowest BCUT2D eigenvalue weighted by atomic mass is 10.1. The number of hydrogen-bond acceptors (Lipinski definition) is 1. The fraction of sp³-hybridized carbons (Fsp3) is 0.400. The van der Waals surface area contributed by atoms with Crippen LogP contribution in [0.3, 0.4) is 0 Å². The first-order chi connectivity index (χ1) is 5.33. The van der Waals surface area contributed by atoms with E-state index < -0.39 is 0 Å². The predicted molar refractivity (Wildman–Crippen MR) is 46.5 cm³/mol. The fourth-order valence-corrected chi connectivity index (χ4v) is 1.11. The Morgan fingerprint density at radius 3 is 3.00 bits per heavy atom. The van der Waals surface area contributed by atoms with Crippen molar-refractivity contribution in [3.05, 3.63) is 35.8 Å². The average Bonchev–Trinajstić information content (AvgIpc) is 2.40. The van der Waals surface area contributed by atoms with Crippen molar-refractivity contribution in [1.29, 1.82) is 0 Å². The van der Waals surface area contributed by atoms with Crippen molar-refractivity contribution in [2.75, 3.05) is 0 Å². The highest BCUT2D eigenvalue weighted by Gasteiger charge is 1.94. The van der Waals surface area contributed by atoms with Crippen LogP contribution in [0.1, 0.15) is 26.0 Å². The first-order valence-electron chi connectivity index (χ1n) is 4.01. The zero-order chi connectivity index (χ0) is 8.10. The lowest BCUT2D eigenvalue weighted by Gasteiger charge is -1.95. The molecule has 0 bridgehead atoms. The molecular weight excluding hydrogens is 136 g/mol. The van der Waals surface area contributed by atoms with Gasteiger partial charge in [0.2, 0.25) is 0 Å². The Balaban J connectivity index is 2.50. The summed E-state index contributed by atoms with van der Waals surface area (Å²) in [5.41, 5.74) is 1.38. The molecule has 0 N–H and O–H groups in total. The predicted octanol–water partition coefficient (Wildman–Crippen LogP) is 3.18. The van der Waals surface area contributed by atoms with Crippen molar-refractivity contribution < 1.29 is 4.42 Å². The van der Waals surface area contributed by atoms with Crippen LogP contribution in [-0.2, 0) is 6.42 Å². The number of hydrogen-bond donors (Lipinski definition) is 0. The Morgan fingerprint density at radius 2 is 2.45 bits per heavy atom. The van der Waals surface area contributed by atoms with Gasteiger partial charge in [-0.25, -0.2) is 0 Å². The van der Waals surface area contributed by atoms with Gasteiger partial charge in [-0.05, 0) is 25.5 Å². The Labute approximate surface area is 67.7 Å². The molecule has 0 radical (unpaired) electrons. The van der Waals surface area contributed by atoms with Crippen molar-refractivity contribution >= 4 is 0 Å². The van der Waals surface area contributed by atoms with Gasteiger partial charge in [-0.3, -0.25) is 0 Å². The first kappa shape index (κ1) is 8.12. The minimum atomic E-state index is 0.945. The van der Waals surface area contributed by atoms with E-state index in [0.29, 0.717) is 0 Å². The lowest BCUT2D eigenvalue weighted by molar-refractivity contribution is 0.519. The van der Waals surface area contributed by atoms with E-state index >= 15 is 0 Å². The topological polar surface area (TPSA) is 13.1 Å². The van der Waals surface area contributed by atoms with Gasteiger partial charge in [-0.15, -0.1) is 0 Å². The second-order valence-corrected chi connectivity index (χ2v) is 2.71. The highest BCUT2D eigenvalue weighted by atomic mass is 16.3. The summed E-state index contributed by atoms with van der Waals surface area (Å²) in [5, 5.41) is 0. The maximum atomic E-state index is 5.21. The summed E-state index contributed by atoms with van der Waals surface area (Å²) in [5.74, 6) is 1.05. The maximum Gasteiger partial charge on any atom is 0.107 e. The Morgan fingerprint density at radius 1 is 1.64 bits per heavy atom. The van der Waals surface area contributed by atoms with Crippen LogP contribution in [0.25, 0.3) is 0 Å². The quantitative estimate of drug-likeness (QED) is 0.603. The molecule has 0 fully saturated rings. The van der Waals surface area contributed by atoms with E-state index in [1.807, 2.05) is 12.1 Å². The van der Waals surface area contributed by atoms with Crippen LogP contribution in [0, 0.1) is 0 Å². The third-order valence-electron chi connectivity index (χ3n) is 1.59. The van der Waals surface area contributed by atoms with Crippen LogP contribution >= 0.6 is 0 Å². The molecular formula is C10H14O. The molecule has 0 saturated carbocycles. The second-order valence-electron chi connectivity index (χ2n) is 2.71. The summed E-state index contributed by atoms with van der Waals surface area (Å²) >= 11 is 0. The molecule has 11 heavy (non-hydrogen) atoms. The SMILES string of the molecule is CCC=C(C)Cc1ccco1. The molecule has 1 aromatic rings. The van der Waals surface area contributed by atoms with Crippen molar-refractivity contribution in [3.63, 3.8) is 0 Å². The van der Waals surface area contributed by atoms with Crippen LogP contribution in [-0.4, -0.2) is 0 Å². The van der Waals surface area contributed by atoms with Crippen LogP contribution in [0.4, 0.5) is 0 Å². The number of rotatable bonds is 3. The molecule has 60 valence electrons. The van der Waals surface area contributed by atoms with Gasteiger partial charge in [0.25, 0.3) is 0 Å². The molecule has 0 amide bonds. The summed E-state index contributed by atoms with van der Waals surface area (Å²) in [7, 11) is 0. The zero-order valence-corrected chi connectivity index (χ0v) is 7.13. The lowest BCUT2D eigenvalue weighted by Crippen LogP contribution is -1.82. The van der Waals surface area contributed by atoms with Gasteiger partial charge in [0.05, 0.1) is 6.26 Å². The average molecular weight is 150 g/mol. The molecule has 0 aromatic carbocycles. The molecule has 0 aliphatic rings. The molecule has 0 atom stereocenters. The number of allylic oxidation sites excluding steroid dienone is 2. The van der Waals surface area contributed by atoms with Crippen LogP contribution in [0.2, 0.25) is 0 Å². The van der Waals surface area contributed by atoms with Crippen molar-refractivity contribution in [2.45, 2.75) is 26.7 Å². The normalized spacial score (nSPS) is 12.0. The van der Waals surface area contributed by atoms with Gasteiger partial charge in [-0.1, -0.05) is 18.6 Å². The smallest absolute Gasteiger partial charge is 0.107 e. The summed E-state index contributed by atoms with van der Waals surface area (Å²) in [6.45, 7) is 4.28. The van der Waals surface area contributed by atoms with Crippen molar-refractivity contribution in [3.8, 4) is 0 Å². The molecule has 0 aliphatic heterocycles. The van der Waals surface area contributed by atoms with E-state index in [2.05, 4.69) is 19.9 Å². The van der Waals surface area contributed by atoms with E-state index in [1.165, 1.54) is 5.57 Å². The van der Waals surface area contributed by atoms with E-state index in [1.54, 1.807) is 6.26 Å². The fourth-order valence-electron chi connectivity index (χ4n) is 1.11.